The zero-order valence-corrected chi connectivity index (χ0v) is 23.3. The molecule has 1 aliphatic rings. The van der Waals surface area contributed by atoms with Gasteiger partial charge in [-0.15, -0.1) is 0 Å². The van der Waals surface area contributed by atoms with Gasteiger partial charge in [-0.3, -0.25) is 15.0 Å². The largest absolute Gasteiger partial charge is 0.490 e. The normalized spacial score (nSPS) is 14.3. The molecule has 1 saturated heterocycles. The van der Waals surface area contributed by atoms with Crippen molar-refractivity contribution < 1.29 is 23.5 Å². The van der Waals surface area contributed by atoms with Crippen LogP contribution in [0.25, 0.3) is 6.08 Å². The maximum Gasteiger partial charge on any atom is 0.285 e. The zero-order valence-electron chi connectivity index (χ0n) is 19.3. The maximum absolute atomic E-state index is 14.2. The molecule has 0 saturated carbocycles. The van der Waals surface area contributed by atoms with Crippen molar-refractivity contribution in [1.82, 2.24) is 10.4 Å². The third kappa shape index (κ3) is 6.32. The van der Waals surface area contributed by atoms with E-state index >= 15 is 0 Å². The van der Waals surface area contributed by atoms with E-state index in [1.807, 2.05) is 6.92 Å². The molecule has 0 atom stereocenters. The number of hydrazine groups is 1. The molecule has 0 aromatic heterocycles. The van der Waals surface area contributed by atoms with Crippen LogP contribution in [0.3, 0.4) is 0 Å². The number of carbonyl (C=O) groups is 2. The molecule has 0 aliphatic carbocycles. The molecule has 1 aliphatic heterocycles. The van der Waals surface area contributed by atoms with E-state index in [-0.39, 0.29) is 21.5 Å². The van der Waals surface area contributed by atoms with Crippen LogP contribution < -0.4 is 14.9 Å². The Kier molecular flexibility index (Phi) is 8.86. The van der Waals surface area contributed by atoms with Gasteiger partial charge in [-0.2, -0.15) is 5.01 Å². The Morgan fingerprint density at radius 2 is 1.95 bits per heavy atom. The maximum atomic E-state index is 14.2. The number of ether oxygens (including phenoxy) is 2. The molecule has 1 N–H and O–H groups in total. The highest BCUT2D eigenvalue weighted by Crippen LogP contribution is 2.40. The Bertz CT molecular complexity index is 1380. The molecule has 0 bridgehead atoms. The Balaban J connectivity index is 1.55. The summed E-state index contributed by atoms with van der Waals surface area (Å²) in [6.45, 7) is 2.06. The van der Waals surface area contributed by atoms with Crippen molar-refractivity contribution >= 4 is 73.7 Å². The highest BCUT2D eigenvalue weighted by Gasteiger charge is 2.34. The summed E-state index contributed by atoms with van der Waals surface area (Å²) in [5.41, 5.74) is 3.80. The first-order chi connectivity index (χ1) is 17.8. The molecular formula is C26H19BrClFN2O4S2. The molecule has 2 amide bonds. The van der Waals surface area contributed by atoms with Gasteiger partial charge in [0.25, 0.3) is 11.8 Å². The highest BCUT2D eigenvalue weighted by molar-refractivity contribution is 9.10. The summed E-state index contributed by atoms with van der Waals surface area (Å²) in [6, 6.07) is 16.4. The fourth-order valence-electron chi connectivity index (χ4n) is 3.36. The second-order valence-electron chi connectivity index (χ2n) is 7.58. The smallest absolute Gasteiger partial charge is 0.285 e. The monoisotopic (exact) mass is 620 g/mol. The lowest BCUT2D eigenvalue weighted by atomic mass is 10.1. The minimum Gasteiger partial charge on any atom is -0.490 e. The van der Waals surface area contributed by atoms with Crippen molar-refractivity contribution in [3.8, 4) is 11.5 Å². The van der Waals surface area contributed by atoms with E-state index in [9.17, 15) is 14.0 Å². The first-order valence-electron chi connectivity index (χ1n) is 10.9. The predicted molar refractivity (Wildman–Crippen MR) is 150 cm³/mol. The summed E-state index contributed by atoms with van der Waals surface area (Å²) in [5.74, 6) is -0.622. The van der Waals surface area contributed by atoms with Crippen molar-refractivity contribution in [3.05, 3.63) is 97.6 Å². The molecule has 1 heterocycles. The topological polar surface area (TPSA) is 67.9 Å². The average molecular weight is 622 g/mol. The quantitative estimate of drug-likeness (QED) is 0.221. The fourth-order valence-corrected chi connectivity index (χ4v) is 5.33. The lowest BCUT2D eigenvalue weighted by Gasteiger charge is -2.16. The molecule has 37 heavy (non-hydrogen) atoms. The molecule has 0 unspecified atom stereocenters. The van der Waals surface area contributed by atoms with Gasteiger partial charge in [-0.1, -0.05) is 47.6 Å². The van der Waals surface area contributed by atoms with Gasteiger partial charge in [-0.05, 0) is 83.1 Å². The van der Waals surface area contributed by atoms with E-state index in [1.54, 1.807) is 54.6 Å². The van der Waals surface area contributed by atoms with Gasteiger partial charge >= 0.3 is 0 Å². The fraction of sp³-hybridized carbons (Fsp3) is 0.115. The second-order valence-corrected chi connectivity index (χ2v) is 10.5. The van der Waals surface area contributed by atoms with E-state index in [1.165, 1.54) is 12.1 Å². The number of nitrogens with one attached hydrogen (secondary N) is 1. The lowest BCUT2D eigenvalue weighted by Crippen LogP contribution is -2.44. The first-order valence-corrected chi connectivity index (χ1v) is 13.3. The van der Waals surface area contributed by atoms with E-state index < -0.39 is 17.6 Å². The average Bonchev–Trinajstić information content (AvgIpc) is 3.13. The van der Waals surface area contributed by atoms with E-state index in [2.05, 4.69) is 21.4 Å². The van der Waals surface area contributed by atoms with Crippen LogP contribution in [0.1, 0.15) is 28.4 Å². The van der Waals surface area contributed by atoms with Gasteiger partial charge in [0, 0.05) is 11.1 Å². The molecule has 1 fully saturated rings. The summed E-state index contributed by atoms with van der Waals surface area (Å²) in [5, 5.41) is 1.31. The standard InChI is InChI=1S/C26H19BrClFN2O4S2/c1-2-34-21-12-15(11-18(27)23(21)35-14-17-19(28)9-6-10-20(17)29)13-22-25(33)31(26(36)37-22)30-24(32)16-7-4-3-5-8-16/h3-13H,2,14H2,1H3,(H,30,32)/b22-13+. The molecule has 190 valence electrons. The summed E-state index contributed by atoms with van der Waals surface area (Å²) in [7, 11) is 0. The molecule has 3 aromatic rings. The van der Waals surface area contributed by atoms with Crippen LogP contribution in [0, 0.1) is 5.82 Å². The van der Waals surface area contributed by atoms with E-state index in [0.29, 0.717) is 38.6 Å². The van der Waals surface area contributed by atoms with Gasteiger partial charge in [0.1, 0.15) is 12.4 Å². The van der Waals surface area contributed by atoms with Crippen LogP contribution in [0.4, 0.5) is 4.39 Å². The summed E-state index contributed by atoms with van der Waals surface area (Å²) in [6.07, 6.45) is 1.64. The van der Waals surface area contributed by atoms with Crippen LogP contribution in [-0.4, -0.2) is 27.8 Å². The predicted octanol–water partition coefficient (Wildman–Crippen LogP) is 6.77. The number of rotatable bonds is 8. The van der Waals surface area contributed by atoms with Crippen LogP contribution in [-0.2, 0) is 11.4 Å². The van der Waals surface area contributed by atoms with Crippen molar-refractivity contribution in [1.29, 1.82) is 0 Å². The molecule has 4 rings (SSSR count). The number of amides is 2. The molecule has 0 spiro atoms. The second kappa shape index (κ2) is 12.1. The summed E-state index contributed by atoms with van der Waals surface area (Å²) < 4.78 is 26.5. The Hall–Kier alpha value is -2.92. The molecule has 0 radical (unpaired) electrons. The number of nitrogens with zero attached hydrogens (tertiary/aromatic N) is 1. The molecule has 11 heteroatoms. The van der Waals surface area contributed by atoms with E-state index in [4.69, 9.17) is 33.3 Å². The van der Waals surface area contributed by atoms with Gasteiger partial charge in [-0.25, -0.2) is 4.39 Å². The van der Waals surface area contributed by atoms with Crippen LogP contribution in [0.5, 0.6) is 11.5 Å². The van der Waals surface area contributed by atoms with Crippen molar-refractivity contribution in [3.63, 3.8) is 0 Å². The van der Waals surface area contributed by atoms with Crippen molar-refractivity contribution in [2.24, 2.45) is 0 Å². The first kappa shape index (κ1) is 27.1. The number of thiocarbonyl (C=S) groups is 1. The number of benzene rings is 3. The zero-order chi connectivity index (χ0) is 26.5. The van der Waals surface area contributed by atoms with Gasteiger partial charge in [0.2, 0.25) is 0 Å². The number of halogens is 3. The van der Waals surface area contributed by atoms with Gasteiger partial charge in [0.05, 0.1) is 21.0 Å². The highest BCUT2D eigenvalue weighted by atomic mass is 79.9. The minimum atomic E-state index is -0.473. The SMILES string of the molecule is CCOc1cc(/C=C2/SC(=S)N(NC(=O)c3ccccc3)C2=O)cc(Br)c1OCc1c(F)cccc1Cl. The number of hydrogen-bond donors (Lipinski definition) is 1. The number of hydrogen-bond acceptors (Lipinski definition) is 6. The summed E-state index contributed by atoms with van der Waals surface area (Å²) >= 11 is 16.0. The summed E-state index contributed by atoms with van der Waals surface area (Å²) in [4.78, 5) is 25.8. The van der Waals surface area contributed by atoms with Crippen molar-refractivity contribution in [2.75, 3.05) is 6.61 Å². The van der Waals surface area contributed by atoms with Gasteiger partial charge < -0.3 is 9.47 Å². The van der Waals surface area contributed by atoms with Crippen LogP contribution in [0.2, 0.25) is 5.02 Å². The lowest BCUT2D eigenvalue weighted by molar-refractivity contribution is -0.123. The third-order valence-corrected chi connectivity index (χ3v) is 7.34. The number of thioether (sulfide) groups is 1. The molecule has 6 nitrogen and oxygen atoms in total. The van der Waals surface area contributed by atoms with Crippen molar-refractivity contribution in [2.45, 2.75) is 13.5 Å². The van der Waals surface area contributed by atoms with Crippen LogP contribution in [0.15, 0.2) is 70.0 Å². The minimum absolute atomic E-state index is 0.108. The molecular weight excluding hydrogens is 603 g/mol. The number of carbonyl (C=O) groups excluding carboxylic acids is 2. The van der Waals surface area contributed by atoms with Gasteiger partial charge in [0.15, 0.2) is 15.8 Å². The van der Waals surface area contributed by atoms with Crippen LogP contribution >= 0.6 is 51.5 Å². The third-order valence-electron chi connectivity index (χ3n) is 5.10. The Labute approximate surface area is 235 Å². The Morgan fingerprint density at radius 3 is 2.65 bits per heavy atom. The van der Waals surface area contributed by atoms with E-state index in [0.717, 1.165) is 16.8 Å². The Morgan fingerprint density at radius 1 is 1.19 bits per heavy atom. The molecule has 3 aromatic carbocycles.